The number of benzene rings is 5. The van der Waals surface area contributed by atoms with Crippen molar-refractivity contribution in [2.45, 2.75) is 27.7 Å². The van der Waals surface area contributed by atoms with Crippen molar-refractivity contribution in [2.75, 3.05) is 22.1 Å². The second kappa shape index (κ2) is 15.4. The van der Waals surface area contributed by atoms with Gasteiger partial charge in [0, 0.05) is 75.8 Å². The molecule has 294 valence electrons. The van der Waals surface area contributed by atoms with Gasteiger partial charge in [0.05, 0.1) is 23.9 Å². The number of aryl methyl sites for hydroxylation is 4. The molecule has 0 atom stereocenters. The standard InChI is InChI=1S/C46H42N4O6S2/c1-29-7-15-33(16-8-29)49(34-17-9-30(2)10-18-34)37-23-25-39(41(27-37)47-57(5,53)54)43-45(51)44(46(43)52)40-26-24-38(28-42(40)48-58(6,55)56)50(35-19-11-31(3)12-20-35)36-21-13-32(4)14-22-36/h7-28H,1-6H3,(H2,47,48,51,52). The quantitative estimate of drug-likeness (QED) is 0.109. The molecule has 0 radical (unpaired) electrons. The van der Waals surface area contributed by atoms with Crippen LogP contribution in [-0.4, -0.2) is 40.8 Å². The van der Waals surface area contributed by atoms with Gasteiger partial charge < -0.3 is 10.0 Å². The van der Waals surface area contributed by atoms with Crippen LogP contribution in [0.5, 0.6) is 0 Å². The molecular formula is C46H42N4O6S2. The van der Waals surface area contributed by atoms with Crippen LogP contribution in [0, 0.1) is 27.7 Å². The van der Waals surface area contributed by atoms with Crippen LogP contribution in [0.25, 0.3) is 5.57 Å². The summed E-state index contributed by atoms with van der Waals surface area (Å²) < 4.78 is 58.0. The molecular weight excluding hydrogens is 769 g/mol. The molecule has 0 unspecified atom stereocenters. The first-order valence-corrected chi connectivity index (χ1v) is 22.2. The average Bonchev–Trinajstić information content (AvgIpc) is 3.15. The zero-order valence-electron chi connectivity index (χ0n) is 32.9. The molecule has 2 N–H and O–H groups in total. The Morgan fingerprint density at radius 3 is 1.47 bits per heavy atom. The van der Waals surface area contributed by atoms with E-state index < -0.39 is 31.6 Å². The average molecular weight is 811 g/mol. The third-order valence-electron chi connectivity index (χ3n) is 9.73. The largest absolute Gasteiger partial charge is 0.871 e. The van der Waals surface area contributed by atoms with E-state index in [4.69, 9.17) is 0 Å². The van der Waals surface area contributed by atoms with E-state index in [0.717, 1.165) is 57.5 Å². The molecule has 2 aliphatic carbocycles. The Balaban J connectivity index is 1.37. The first kappa shape index (κ1) is 39.7. The van der Waals surface area contributed by atoms with Crippen molar-refractivity contribution in [3.05, 3.63) is 184 Å². The smallest absolute Gasteiger partial charge is 0.229 e. The van der Waals surface area contributed by atoms with Crippen molar-refractivity contribution in [3.8, 4) is 0 Å². The first-order valence-electron chi connectivity index (χ1n) is 18.4. The maximum absolute atomic E-state index is 14.2. The molecule has 0 fully saturated rings. The van der Waals surface area contributed by atoms with E-state index in [2.05, 4.69) is 9.44 Å². The number of allylic oxidation sites excluding steroid dienone is 5. The van der Waals surface area contributed by atoms with E-state index in [-0.39, 0.29) is 33.7 Å². The number of rotatable bonds is 10. The van der Waals surface area contributed by atoms with Crippen LogP contribution in [0.15, 0.2) is 156 Å². The van der Waals surface area contributed by atoms with E-state index in [0.29, 0.717) is 11.4 Å². The Hall–Kier alpha value is -6.50. The Morgan fingerprint density at radius 2 is 1.02 bits per heavy atom. The van der Waals surface area contributed by atoms with Crippen LogP contribution in [0.1, 0.15) is 27.8 Å². The van der Waals surface area contributed by atoms with Gasteiger partial charge in [-0.2, -0.15) is 4.58 Å². The summed E-state index contributed by atoms with van der Waals surface area (Å²) in [5, 5.41) is 14.2. The summed E-state index contributed by atoms with van der Waals surface area (Å²) in [6.07, 6.45) is 6.87. The number of hydrogen-bond donors (Lipinski definition) is 2. The second-order valence-electron chi connectivity index (χ2n) is 14.6. The SMILES string of the molecule is Cc1ccc(N(c2ccc(C)cc2)c2ccc(C3=C([O-])/C(=C4/C=CC(=[N+](c5ccc(C)cc5)c5ccc(C)cc5)C=C4NS(C)(=O)=O)C3=O)c(NS(C)(=O)=O)c2)cc1. The van der Waals surface area contributed by atoms with Gasteiger partial charge >= 0.3 is 0 Å². The van der Waals surface area contributed by atoms with Crippen LogP contribution in [0.4, 0.5) is 34.1 Å². The number of sulfonamides is 2. The normalized spacial score (nSPS) is 15.5. The predicted molar refractivity (Wildman–Crippen MR) is 232 cm³/mol. The van der Waals surface area contributed by atoms with Gasteiger partial charge in [0.15, 0.2) is 5.78 Å². The van der Waals surface area contributed by atoms with Crippen LogP contribution >= 0.6 is 0 Å². The summed E-state index contributed by atoms with van der Waals surface area (Å²) in [6.45, 7) is 7.94. The lowest BCUT2D eigenvalue weighted by atomic mass is 9.79. The molecule has 12 heteroatoms. The van der Waals surface area contributed by atoms with E-state index in [9.17, 15) is 26.7 Å². The Bertz CT molecular complexity index is 2760. The zero-order chi connectivity index (χ0) is 41.5. The molecule has 5 aromatic carbocycles. The number of Topliss-reactive ketones (excluding diaryl/α,β-unsaturated/α-hetero) is 1. The van der Waals surface area contributed by atoms with Gasteiger partial charge in [-0.1, -0.05) is 82.6 Å². The molecule has 58 heavy (non-hydrogen) atoms. The van der Waals surface area contributed by atoms with Crippen LogP contribution in [0.3, 0.4) is 0 Å². The van der Waals surface area contributed by atoms with E-state index in [1.54, 1.807) is 36.4 Å². The summed E-state index contributed by atoms with van der Waals surface area (Å²) in [6, 6.07) is 36.3. The fourth-order valence-corrected chi connectivity index (χ4v) is 8.04. The van der Waals surface area contributed by atoms with Gasteiger partial charge in [-0.05, 0) is 70.2 Å². The number of nitrogens with one attached hydrogen (secondary N) is 2. The molecule has 0 aliphatic heterocycles. The molecule has 0 heterocycles. The summed E-state index contributed by atoms with van der Waals surface area (Å²) in [7, 11) is -7.77. The minimum atomic E-state index is -3.88. The molecule has 0 aromatic heterocycles. The number of ketones is 1. The summed E-state index contributed by atoms with van der Waals surface area (Å²) in [5.74, 6) is -1.30. The highest BCUT2D eigenvalue weighted by Crippen LogP contribution is 2.44. The molecule has 0 spiro atoms. The van der Waals surface area contributed by atoms with Gasteiger partial charge in [0.1, 0.15) is 0 Å². The third kappa shape index (κ3) is 8.43. The third-order valence-corrected chi connectivity index (χ3v) is 10.9. The minimum absolute atomic E-state index is 0.0386. The fraction of sp³-hybridized carbons (Fsp3) is 0.130. The second-order valence-corrected chi connectivity index (χ2v) is 18.1. The highest BCUT2D eigenvalue weighted by molar-refractivity contribution is 7.92. The number of carbonyl (C=O) groups excluding carboxylic acids is 1. The Labute approximate surface area is 339 Å². The van der Waals surface area contributed by atoms with Crippen molar-refractivity contribution >= 4 is 71.2 Å². The van der Waals surface area contributed by atoms with Gasteiger partial charge in [-0.3, -0.25) is 14.2 Å². The minimum Gasteiger partial charge on any atom is -0.871 e. The summed E-state index contributed by atoms with van der Waals surface area (Å²) in [4.78, 5) is 16.1. The monoisotopic (exact) mass is 810 g/mol. The van der Waals surface area contributed by atoms with Crippen molar-refractivity contribution in [2.24, 2.45) is 0 Å². The Morgan fingerprint density at radius 1 is 0.569 bits per heavy atom. The van der Waals surface area contributed by atoms with Gasteiger partial charge in [-0.25, -0.2) is 16.8 Å². The van der Waals surface area contributed by atoms with E-state index >= 15 is 0 Å². The van der Waals surface area contributed by atoms with Crippen molar-refractivity contribution in [1.82, 2.24) is 9.30 Å². The molecule has 7 rings (SSSR count). The topological polar surface area (TPSA) is 139 Å². The molecule has 5 aromatic rings. The maximum atomic E-state index is 14.2. The number of nitrogens with zero attached hydrogens (tertiary/aromatic N) is 2. The highest BCUT2D eigenvalue weighted by Gasteiger charge is 2.35. The van der Waals surface area contributed by atoms with Crippen molar-refractivity contribution in [3.63, 3.8) is 0 Å². The van der Waals surface area contributed by atoms with Gasteiger partial charge in [0.2, 0.25) is 37.1 Å². The summed E-state index contributed by atoms with van der Waals surface area (Å²) in [5.41, 5.74) is 8.47. The zero-order valence-corrected chi connectivity index (χ0v) is 34.5. The van der Waals surface area contributed by atoms with Crippen LogP contribution in [-0.2, 0) is 24.8 Å². The number of anilines is 4. The molecule has 0 amide bonds. The molecule has 0 saturated heterocycles. The van der Waals surface area contributed by atoms with Crippen LogP contribution < -0.4 is 24.0 Å². The predicted octanol–water partition coefficient (Wildman–Crippen LogP) is 7.69. The van der Waals surface area contributed by atoms with E-state index in [1.807, 2.05) is 134 Å². The lowest BCUT2D eigenvalue weighted by Crippen LogP contribution is -2.34. The molecule has 2 aliphatic rings. The van der Waals surface area contributed by atoms with Crippen molar-refractivity contribution in [1.29, 1.82) is 0 Å². The summed E-state index contributed by atoms with van der Waals surface area (Å²) >= 11 is 0. The highest BCUT2D eigenvalue weighted by atomic mass is 32.2. The fourth-order valence-electron chi connectivity index (χ4n) is 6.90. The number of carbonyl (C=O) groups is 1. The molecule has 0 bridgehead atoms. The first-order chi connectivity index (χ1) is 27.5. The van der Waals surface area contributed by atoms with Crippen molar-refractivity contribution < 1.29 is 26.7 Å². The lowest BCUT2D eigenvalue weighted by molar-refractivity contribution is -0.297. The lowest BCUT2D eigenvalue weighted by Gasteiger charge is -2.34. The number of hydrogen-bond acceptors (Lipinski definition) is 7. The van der Waals surface area contributed by atoms with E-state index in [1.165, 1.54) is 0 Å². The molecule has 0 saturated carbocycles. The van der Waals surface area contributed by atoms with Gasteiger partial charge in [0.25, 0.3) is 0 Å². The van der Waals surface area contributed by atoms with Crippen LogP contribution in [0.2, 0.25) is 0 Å². The van der Waals surface area contributed by atoms with Gasteiger partial charge in [-0.15, -0.1) is 0 Å². The Kier molecular flexibility index (Phi) is 10.6. The maximum Gasteiger partial charge on any atom is 0.229 e. The molecule has 10 nitrogen and oxygen atoms in total.